The van der Waals surface area contributed by atoms with Crippen molar-refractivity contribution in [2.24, 2.45) is 0 Å². The maximum atomic E-state index is 13.8. The molecule has 1 aliphatic rings. The maximum Gasteiger partial charge on any atom is 0.416 e. The molecule has 0 radical (unpaired) electrons. The molecule has 0 spiro atoms. The first kappa shape index (κ1) is 29.4. The molecule has 1 atom stereocenters. The number of hydrogen-bond acceptors (Lipinski definition) is 4. The number of carbonyl (C=O) groups excluding carboxylic acids is 1. The van der Waals surface area contributed by atoms with Gasteiger partial charge in [-0.3, -0.25) is 4.79 Å². The van der Waals surface area contributed by atoms with Gasteiger partial charge in [-0.1, -0.05) is 30.3 Å². The van der Waals surface area contributed by atoms with Crippen molar-refractivity contribution in [2.75, 3.05) is 30.0 Å². The number of hydrogen-bond donors (Lipinski definition) is 1. The molecule has 1 amide bonds. The summed E-state index contributed by atoms with van der Waals surface area (Å²) in [6.45, 7) is 3.22. The zero-order valence-electron chi connectivity index (χ0n) is 22.1. The van der Waals surface area contributed by atoms with Crippen LogP contribution in [0.5, 0.6) is 0 Å². The SMILES string of the molecule is CN(C(=O)C(C)(C)c1cc(C(F)(F)F)cc(C(F)(F)F)c1)c1cnc(N2CCCC2CO)cc1-c1ccccc1. The van der Waals surface area contributed by atoms with Gasteiger partial charge in [0, 0.05) is 19.2 Å². The molecule has 4 rings (SSSR count). The van der Waals surface area contributed by atoms with Crippen LogP contribution in [0.15, 0.2) is 60.8 Å². The molecular weight excluding hydrogens is 536 g/mol. The second-order valence-electron chi connectivity index (χ2n) is 10.4. The Bertz CT molecular complexity index is 1340. The van der Waals surface area contributed by atoms with Crippen molar-refractivity contribution in [3.63, 3.8) is 0 Å². The van der Waals surface area contributed by atoms with Gasteiger partial charge in [-0.15, -0.1) is 0 Å². The first-order chi connectivity index (χ1) is 18.6. The number of alkyl halides is 6. The fourth-order valence-corrected chi connectivity index (χ4v) is 5.01. The third kappa shape index (κ3) is 5.79. The summed E-state index contributed by atoms with van der Waals surface area (Å²) >= 11 is 0. The molecule has 11 heteroatoms. The minimum atomic E-state index is -5.04. The van der Waals surface area contributed by atoms with E-state index in [4.69, 9.17) is 0 Å². The molecule has 214 valence electrons. The van der Waals surface area contributed by atoms with Crippen LogP contribution in [0, 0.1) is 0 Å². The molecule has 40 heavy (non-hydrogen) atoms. The lowest BCUT2D eigenvalue weighted by atomic mass is 9.81. The molecule has 2 aromatic carbocycles. The third-order valence-electron chi connectivity index (χ3n) is 7.35. The summed E-state index contributed by atoms with van der Waals surface area (Å²) in [7, 11) is 1.41. The number of carbonyl (C=O) groups is 1. The highest BCUT2D eigenvalue weighted by molar-refractivity contribution is 6.03. The molecule has 2 heterocycles. The first-order valence-electron chi connectivity index (χ1n) is 12.7. The third-order valence-corrected chi connectivity index (χ3v) is 7.35. The Labute approximate surface area is 228 Å². The van der Waals surface area contributed by atoms with Gasteiger partial charge < -0.3 is 14.9 Å². The van der Waals surface area contributed by atoms with Crippen LogP contribution >= 0.6 is 0 Å². The van der Waals surface area contributed by atoms with Crippen LogP contribution in [0.25, 0.3) is 11.1 Å². The first-order valence-corrected chi connectivity index (χ1v) is 12.7. The summed E-state index contributed by atoms with van der Waals surface area (Å²) in [4.78, 5) is 21.5. The van der Waals surface area contributed by atoms with Gasteiger partial charge in [0.05, 0.1) is 41.1 Å². The van der Waals surface area contributed by atoms with Crippen molar-refractivity contribution in [1.82, 2.24) is 4.98 Å². The fraction of sp³-hybridized carbons (Fsp3) is 0.379. The van der Waals surface area contributed by atoms with E-state index in [-0.39, 0.29) is 18.7 Å². The Morgan fingerprint density at radius 3 is 2.10 bits per heavy atom. The van der Waals surface area contributed by atoms with Crippen molar-refractivity contribution in [2.45, 2.75) is 50.5 Å². The quantitative estimate of drug-likeness (QED) is 0.339. The lowest BCUT2D eigenvalue weighted by Crippen LogP contribution is -2.42. The molecular formula is C29H29F6N3O2. The van der Waals surface area contributed by atoms with Crippen LogP contribution in [-0.4, -0.2) is 42.2 Å². The number of rotatable bonds is 6. The smallest absolute Gasteiger partial charge is 0.394 e. The average molecular weight is 566 g/mol. The standard InChI is InChI=1S/C29H29F6N3O2/c1-27(2,19-12-20(28(30,31)32)14-21(13-19)29(33,34)35)26(40)37(3)24-16-36-25(38-11-7-10-22(38)17-39)15-23(24)18-8-5-4-6-9-18/h4-6,8-9,12-16,22,39H,7,10-11,17H2,1-3H3. The van der Waals surface area contributed by atoms with E-state index in [0.717, 1.165) is 18.4 Å². The second-order valence-corrected chi connectivity index (χ2v) is 10.4. The molecule has 5 nitrogen and oxygen atoms in total. The van der Waals surface area contributed by atoms with Crippen LogP contribution in [0.3, 0.4) is 0 Å². The summed E-state index contributed by atoms with van der Waals surface area (Å²) < 4.78 is 81.1. The summed E-state index contributed by atoms with van der Waals surface area (Å²) in [5.41, 5.74) is -3.49. The van der Waals surface area contributed by atoms with Crippen molar-refractivity contribution >= 4 is 17.4 Å². The number of halogens is 6. The maximum absolute atomic E-state index is 13.8. The Balaban J connectivity index is 1.79. The average Bonchev–Trinajstić information content (AvgIpc) is 3.40. The predicted octanol–water partition coefficient (Wildman–Crippen LogP) is 6.69. The molecule has 1 N–H and O–H groups in total. The van der Waals surface area contributed by atoms with Gasteiger partial charge in [-0.2, -0.15) is 26.3 Å². The molecule has 3 aromatic rings. The Kier molecular flexibility index (Phi) is 7.90. The number of aliphatic hydroxyl groups excluding tert-OH is 1. The largest absolute Gasteiger partial charge is 0.416 e. The van der Waals surface area contributed by atoms with Gasteiger partial charge in [0.25, 0.3) is 0 Å². The van der Waals surface area contributed by atoms with E-state index in [1.807, 2.05) is 23.1 Å². The van der Waals surface area contributed by atoms with E-state index < -0.39 is 40.4 Å². The van der Waals surface area contributed by atoms with E-state index in [0.29, 0.717) is 35.7 Å². The molecule has 0 bridgehead atoms. The van der Waals surface area contributed by atoms with E-state index in [1.165, 1.54) is 32.0 Å². The summed E-state index contributed by atoms with van der Waals surface area (Å²) in [5.74, 6) is -0.131. The van der Waals surface area contributed by atoms with Gasteiger partial charge in [0.1, 0.15) is 5.82 Å². The number of aromatic nitrogens is 1. The Morgan fingerprint density at radius 2 is 1.55 bits per heavy atom. The van der Waals surface area contributed by atoms with Gasteiger partial charge in [0.15, 0.2) is 0 Å². The Morgan fingerprint density at radius 1 is 0.975 bits per heavy atom. The van der Waals surface area contributed by atoms with Crippen molar-refractivity contribution in [3.05, 3.63) is 77.5 Å². The van der Waals surface area contributed by atoms with Crippen LogP contribution < -0.4 is 9.80 Å². The number of amides is 1. The second kappa shape index (κ2) is 10.8. The Hall–Kier alpha value is -3.60. The molecule has 1 saturated heterocycles. The van der Waals surface area contributed by atoms with Crippen molar-refractivity contribution in [3.8, 4) is 11.1 Å². The highest BCUT2D eigenvalue weighted by atomic mass is 19.4. The number of nitrogens with zero attached hydrogens (tertiary/aromatic N) is 3. The minimum absolute atomic E-state index is 0.0436. The van der Waals surface area contributed by atoms with Gasteiger partial charge in [0.2, 0.25) is 5.91 Å². The minimum Gasteiger partial charge on any atom is -0.394 e. The molecule has 1 aliphatic heterocycles. The molecule has 1 aromatic heterocycles. The summed E-state index contributed by atoms with van der Waals surface area (Å²) in [6.07, 6.45) is -6.94. The van der Waals surface area contributed by atoms with Crippen LogP contribution in [0.4, 0.5) is 37.8 Å². The van der Waals surface area contributed by atoms with E-state index in [2.05, 4.69) is 4.98 Å². The summed E-state index contributed by atoms with van der Waals surface area (Å²) in [5, 5.41) is 9.77. The normalized spacial score (nSPS) is 16.4. The lowest BCUT2D eigenvalue weighted by molar-refractivity contribution is -0.143. The highest BCUT2D eigenvalue weighted by Gasteiger charge is 2.41. The van der Waals surface area contributed by atoms with Crippen LogP contribution in [0.1, 0.15) is 43.4 Å². The van der Waals surface area contributed by atoms with Gasteiger partial charge >= 0.3 is 12.4 Å². The lowest BCUT2D eigenvalue weighted by Gasteiger charge is -2.32. The van der Waals surface area contributed by atoms with E-state index >= 15 is 0 Å². The predicted molar refractivity (Wildman–Crippen MR) is 140 cm³/mol. The summed E-state index contributed by atoms with van der Waals surface area (Å²) in [6, 6.07) is 12.0. The number of aliphatic hydroxyl groups is 1. The van der Waals surface area contributed by atoms with Crippen LogP contribution in [0.2, 0.25) is 0 Å². The number of pyridine rings is 1. The number of likely N-dealkylation sites (N-methyl/N-ethyl adjacent to an activating group) is 1. The molecule has 0 aliphatic carbocycles. The molecule has 1 unspecified atom stereocenters. The fourth-order valence-electron chi connectivity index (χ4n) is 5.01. The van der Waals surface area contributed by atoms with E-state index in [9.17, 15) is 36.2 Å². The van der Waals surface area contributed by atoms with Crippen LogP contribution in [-0.2, 0) is 22.6 Å². The van der Waals surface area contributed by atoms with Crippen molar-refractivity contribution in [1.29, 1.82) is 0 Å². The van der Waals surface area contributed by atoms with Gasteiger partial charge in [-0.05, 0) is 62.1 Å². The highest BCUT2D eigenvalue weighted by Crippen LogP contribution is 2.41. The molecule has 1 fully saturated rings. The van der Waals surface area contributed by atoms with Crippen molar-refractivity contribution < 1.29 is 36.2 Å². The zero-order valence-corrected chi connectivity index (χ0v) is 22.1. The van der Waals surface area contributed by atoms with Gasteiger partial charge in [-0.25, -0.2) is 4.98 Å². The topological polar surface area (TPSA) is 56.7 Å². The van der Waals surface area contributed by atoms with E-state index in [1.54, 1.807) is 18.2 Å². The molecule has 0 saturated carbocycles. The number of benzene rings is 2. The monoisotopic (exact) mass is 565 g/mol. The number of anilines is 2. The zero-order chi connectivity index (χ0) is 29.5.